The maximum atomic E-state index is 12.9. The van der Waals surface area contributed by atoms with E-state index in [0.717, 1.165) is 0 Å². The molecule has 4 amide bonds. The molecular weight excluding hydrogens is 473 g/mol. The summed E-state index contributed by atoms with van der Waals surface area (Å²) in [6, 6.07) is -1.36. The molecule has 0 radical (unpaired) electrons. The minimum absolute atomic E-state index is 0.147. The van der Waals surface area contributed by atoms with Gasteiger partial charge in [-0.1, -0.05) is 0 Å². The van der Waals surface area contributed by atoms with E-state index in [0.29, 0.717) is 32.4 Å². The zero-order valence-corrected chi connectivity index (χ0v) is 19.9. The number of hydrogen-bond acceptors (Lipinski definition) is 6. The highest BCUT2D eigenvalue weighted by molar-refractivity contribution is 6.35. The van der Waals surface area contributed by atoms with Gasteiger partial charge in [-0.15, -0.1) is 13.2 Å². The van der Waals surface area contributed by atoms with Crippen molar-refractivity contribution in [1.82, 2.24) is 20.9 Å². The number of carbonyl (C=O) groups is 5. The molecular formula is C22H31F3N4O6. The number of hydrogen-bond donors (Lipinski definition) is 3. The third-order valence-corrected chi connectivity index (χ3v) is 6.55. The van der Waals surface area contributed by atoms with Crippen LogP contribution in [-0.4, -0.2) is 77.5 Å². The largest absolute Gasteiger partial charge is 0.522 e. The van der Waals surface area contributed by atoms with Crippen molar-refractivity contribution in [1.29, 1.82) is 0 Å². The van der Waals surface area contributed by atoms with Gasteiger partial charge in [0.05, 0.1) is 11.6 Å². The van der Waals surface area contributed by atoms with Crippen LogP contribution in [0.2, 0.25) is 0 Å². The van der Waals surface area contributed by atoms with Gasteiger partial charge in [0.1, 0.15) is 6.61 Å². The first kappa shape index (κ1) is 26.9. The van der Waals surface area contributed by atoms with E-state index in [4.69, 9.17) is 0 Å². The van der Waals surface area contributed by atoms with Crippen molar-refractivity contribution in [2.75, 3.05) is 19.7 Å². The summed E-state index contributed by atoms with van der Waals surface area (Å²) in [4.78, 5) is 63.8. The molecule has 3 heterocycles. The van der Waals surface area contributed by atoms with Crippen LogP contribution in [0.15, 0.2) is 0 Å². The second-order valence-corrected chi connectivity index (χ2v) is 10.6. The van der Waals surface area contributed by atoms with Gasteiger partial charge < -0.3 is 20.9 Å². The molecule has 4 aliphatic rings. The van der Waals surface area contributed by atoms with Crippen molar-refractivity contribution in [3.8, 4) is 0 Å². The van der Waals surface area contributed by atoms with Gasteiger partial charge in [-0.05, 0) is 52.4 Å². The highest BCUT2D eigenvalue weighted by Gasteiger charge is 2.59. The van der Waals surface area contributed by atoms with Gasteiger partial charge in [0.25, 0.3) is 0 Å². The third kappa shape index (κ3) is 6.71. The fraction of sp³-hybridized carbons (Fsp3) is 0.773. The Balaban J connectivity index is 1.66. The fourth-order valence-electron chi connectivity index (χ4n) is 5.09. The smallest absolute Gasteiger partial charge is 0.356 e. The topological polar surface area (TPSA) is 134 Å². The van der Waals surface area contributed by atoms with Crippen molar-refractivity contribution < 1.29 is 41.9 Å². The summed E-state index contributed by atoms with van der Waals surface area (Å²) >= 11 is 0. The van der Waals surface area contributed by atoms with Gasteiger partial charge >= 0.3 is 18.2 Å². The molecule has 0 aromatic carbocycles. The van der Waals surface area contributed by atoms with E-state index in [2.05, 4.69) is 20.7 Å². The van der Waals surface area contributed by atoms with Crippen LogP contribution in [0, 0.1) is 11.8 Å². The fourth-order valence-corrected chi connectivity index (χ4v) is 5.09. The number of carbonyl (C=O) groups excluding carboxylic acids is 5. The molecule has 13 heteroatoms. The normalized spacial score (nSPS) is 26.6. The summed E-state index contributed by atoms with van der Waals surface area (Å²) in [6.45, 7) is 4.59. The lowest BCUT2D eigenvalue weighted by Gasteiger charge is -2.42. The van der Waals surface area contributed by atoms with Gasteiger partial charge in [-0.2, -0.15) is 0 Å². The van der Waals surface area contributed by atoms with Crippen LogP contribution in [0.5, 0.6) is 0 Å². The number of rotatable bonds is 8. The summed E-state index contributed by atoms with van der Waals surface area (Å²) in [7, 11) is 0. The predicted octanol–water partition coefficient (Wildman–Crippen LogP) is 0.399. The van der Waals surface area contributed by atoms with Crippen LogP contribution < -0.4 is 16.0 Å². The summed E-state index contributed by atoms with van der Waals surface area (Å²) in [6.07, 6.45) is -3.99. The Morgan fingerprint density at radius 3 is 2.40 bits per heavy atom. The van der Waals surface area contributed by atoms with Crippen LogP contribution >= 0.6 is 0 Å². The second kappa shape index (κ2) is 9.75. The number of alkyl halides is 3. The SMILES string of the molecule is CC(C)(C)NC(=O)C(=O)N1CC2CC1(CC(=O)N[C@@H](C[C@@H]1CCNC1=O)C(=O)COC(F)(F)F)C2. The number of nitrogens with zero attached hydrogens (tertiary/aromatic N) is 1. The lowest BCUT2D eigenvalue weighted by atomic mass is 9.71. The summed E-state index contributed by atoms with van der Waals surface area (Å²) in [5, 5.41) is 7.64. The van der Waals surface area contributed by atoms with Crippen LogP contribution in [0.4, 0.5) is 13.2 Å². The first-order chi connectivity index (χ1) is 16.1. The van der Waals surface area contributed by atoms with Crippen LogP contribution in [-0.2, 0) is 28.7 Å². The van der Waals surface area contributed by atoms with Crippen LogP contribution in [0.3, 0.4) is 0 Å². The molecule has 3 saturated heterocycles. The van der Waals surface area contributed by atoms with Crippen molar-refractivity contribution in [3.63, 3.8) is 0 Å². The first-order valence-corrected chi connectivity index (χ1v) is 11.5. The van der Waals surface area contributed by atoms with Gasteiger partial charge in [0.2, 0.25) is 11.8 Å². The van der Waals surface area contributed by atoms with Crippen molar-refractivity contribution in [3.05, 3.63) is 0 Å². The van der Waals surface area contributed by atoms with E-state index in [-0.39, 0.29) is 24.7 Å². The van der Waals surface area contributed by atoms with Crippen molar-refractivity contribution in [2.24, 2.45) is 11.8 Å². The average molecular weight is 505 g/mol. The van der Waals surface area contributed by atoms with Gasteiger partial charge in [-0.25, -0.2) is 0 Å². The molecule has 2 atom stereocenters. The van der Waals surface area contributed by atoms with E-state index < -0.39 is 59.5 Å². The molecule has 4 fully saturated rings. The first-order valence-electron chi connectivity index (χ1n) is 11.5. The molecule has 35 heavy (non-hydrogen) atoms. The Bertz CT molecular complexity index is 895. The lowest BCUT2D eigenvalue weighted by molar-refractivity contribution is -0.321. The van der Waals surface area contributed by atoms with Crippen LogP contribution in [0.25, 0.3) is 0 Å². The number of amides is 4. The molecule has 0 aromatic heterocycles. The molecule has 0 aromatic rings. The van der Waals surface area contributed by atoms with Gasteiger partial charge in [-0.3, -0.25) is 28.7 Å². The second-order valence-electron chi connectivity index (χ2n) is 10.6. The number of Topliss-reactive ketones (excluding diaryl/α,β-unsaturated/α-hetero) is 1. The number of ether oxygens (including phenoxy) is 1. The Morgan fingerprint density at radius 1 is 1.20 bits per heavy atom. The lowest BCUT2D eigenvalue weighted by Crippen LogP contribution is -2.57. The molecule has 10 nitrogen and oxygen atoms in total. The average Bonchev–Trinajstić information content (AvgIpc) is 3.36. The Labute approximate surface area is 200 Å². The monoisotopic (exact) mass is 504 g/mol. The van der Waals surface area contributed by atoms with E-state index in [1.807, 2.05) is 0 Å². The number of halogens is 3. The molecule has 4 rings (SSSR count). The van der Waals surface area contributed by atoms with Gasteiger partial charge in [0, 0.05) is 31.0 Å². The number of fused-ring (bicyclic) bond motifs is 1. The zero-order chi connectivity index (χ0) is 26.2. The molecule has 2 bridgehead atoms. The van der Waals surface area contributed by atoms with Crippen LogP contribution in [0.1, 0.15) is 52.9 Å². The maximum absolute atomic E-state index is 12.9. The minimum atomic E-state index is -5.02. The van der Waals surface area contributed by atoms with E-state index >= 15 is 0 Å². The molecule has 1 saturated carbocycles. The van der Waals surface area contributed by atoms with Gasteiger partial charge in [0.15, 0.2) is 5.78 Å². The summed E-state index contributed by atoms with van der Waals surface area (Å²) < 4.78 is 40.9. The highest BCUT2D eigenvalue weighted by atomic mass is 19.4. The molecule has 3 aliphatic heterocycles. The number of nitrogens with one attached hydrogen (secondary N) is 3. The van der Waals surface area contributed by atoms with Crippen molar-refractivity contribution >= 4 is 29.4 Å². The molecule has 0 unspecified atom stereocenters. The molecule has 0 spiro atoms. The Hall–Kier alpha value is -2.70. The standard InChI is InChI=1S/C22H31F3N4O6/c1-20(2,3)28-18(33)19(34)29-10-12-7-21(29,8-12)9-16(31)27-14(6-13-4-5-26-17(13)32)15(30)11-35-22(23,24)25/h12-14H,4-11H2,1-3H3,(H,26,32)(H,27,31)(H,28,33)/t12?,13-,14-,21?/m0/s1. The summed E-state index contributed by atoms with van der Waals surface area (Å²) in [5.41, 5.74) is -1.51. The molecule has 1 aliphatic carbocycles. The van der Waals surface area contributed by atoms with E-state index in [1.54, 1.807) is 20.8 Å². The van der Waals surface area contributed by atoms with E-state index in [9.17, 15) is 37.1 Å². The Kier molecular flexibility index (Phi) is 7.49. The Morgan fingerprint density at radius 2 is 1.86 bits per heavy atom. The van der Waals surface area contributed by atoms with Crippen molar-refractivity contribution in [2.45, 2.75) is 76.4 Å². The third-order valence-electron chi connectivity index (χ3n) is 6.55. The van der Waals surface area contributed by atoms with E-state index in [1.165, 1.54) is 4.90 Å². The zero-order valence-electron chi connectivity index (χ0n) is 19.9. The molecule has 196 valence electrons. The minimum Gasteiger partial charge on any atom is -0.356 e. The molecule has 3 N–H and O–H groups in total. The number of ketones is 1. The highest BCUT2D eigenvalue weighted by Crippen LogP contribution is 2.52. The summed E-state index contributed by atoms with van der Waals surface area (Å²) in [5.74, 6) is -4.02. The maximum Gasteiger partial charge on any atom is 0.522 e. The quantitative estimate of drug-likeness (QED) is 0.410. The predicted molar refractivity (Wildman–Crippen MR) is 114 cm³/mol.